The maximum Gasteiger partial charge on any atom is 0.333 e. The van der Waals surface area contributed by atoms with E-state index in [0.29, 0.717) is 6.42 Å². The van der Waals surface area contributed by atoms with E-state index in [0.717, 1.165) is 25.2 Å². The fourth-order valence-corrected chi connectivity index (χ4v) is 4.47. The molecule has 1 saturated carbocycles. The summed E-state index contributed by atoms with van der Waals surface area (Å²) >= 11 is 0. The maximum absolute atomic E-state index is 11.8. The standard InChI is InChI=1S/C18H29NO7S/c20-16-13-15(27(23,24)25)18(22)19(16)26-17(21)12-8-4-3-7-11-14-9-5-1-2-6-10-14/h14-15H,1-13H2,(H,23,24,25). The zero-order valence-electron chi connectivity index (χ0n) is 15.6. The van der Waals surface area contributed by atoms with Crippen molar-refractivity contribution in [1.82, 2.24) is 5.06 Å². The predicted molar refractivity (Wildman–Crippen MR) is 96.8 cm³/mol. The number of hydroxylamine groups is 2. The van der Waals surface area contributed by atoms with Gasteiger partial charge < -0.3 is 4.84 Å². The van der Waals surface area contributed by atoms with Gasteiger partial charge in [0.2, 0.25) is 0 Å². The van der Waals surface area contributed by atoms with E-state index in [9.17, 15) is 22.8 Å². The van der Waals surface area contributed by atoms with Gasteiger partial charge in [-0.05, 0) is 12.3 Å². The maximum atomic E-state index is 11.8. The van der Waals surface area contributed by atoms with Crippen LogP contribution in [0.15, 0.2) is 0 Å². The number of amides is 2. The van der Waals surface area contributed by atoms with Crippen LogP contribution in [-0.2, 0) is 29.3 Å². The Kier molecular flexibility index (Phi) is 8.22. The van der Waals surface area contributed by atoms with Crippen LogP contribution in [0.25, 0.3) is 0 Å². The molecule has 0 aromatic carbocycles. The van der Waals surface area contributed by atoms with E-state index in [1.807, 2.05) is 0 Å². The Bertz CT molecular complexity index is 638. The smallest absolute Gasteiger partial charge is 0.330 e. The van der Waals surface area contributed by atoms with Crippen molar-refractivity contribution in [3.05, 3.63) is 0 Å². The number of nitrogens with zero attached hydrogens (tertiary/aromatic N) is 1. The molecule has 2 rings (SSSR count). The lowest BCUT2D eigenvalue weighted by atomic mass is 9.93. The van der Waals surface area contributed by atoms with Crippen LogP contribution in [0.4, 0.5) is 0 Å². The molecule has 0 aromatic heterocycles. The highest BCUT2D eigenvalue weighted by atomic mass is 32.2. The van der Waals surface area contributed by atoms with Gasteiger partial charge in [0.15, 0.2) is 5.25 Å². The first-order valence-electron chi connectivity index (χ1n) is 9.83. The van der Waals surface area contributed by atoms with Crippen LogP contribution in [0.3, 0.4) is 0 Å². The number of imide groups is 1. The molecule has 8 nitrogen and oxygen atoms in total. The first-order valence-corrected chi connectivity index (χ1v) is 11.3. The number of carbonyl (C=O) groups excluding carboxylic acids is 3. The molecule has 0 spiro atoms. The number of hydrogen-bond acceptors (Lipinski definition) is 6. The zero-order valence-corrected chi connectivity index (χ0v) is 16.4. The topological polar surface area (TPSA) is 118 Å². The summed E-state index contributed by atoms with van der Waals surface area (Å²) in [6, 6.07) is 0. The number of rotatable bonds is 9. The Morgan fingerprint density at radius 3 is 2.26 bits per heavy atom. The van der Waals surface area contributed by atoms with Crippen molar-refractivity contribution in [2.45, 2.75) is 88.7 Å². The van der Waals surface area contributed by atoms with Gasteiger partial charge in [-0.25, -0.2) is 4.79 Å². The van der Waals surface area contributed by atoms with E-state index in [1.165, 1.54) is 44.9 Å². The van der Waals surface area contributed by atoms with Gasteiger partial charge in [0, 0.05) is 6.42 Å². The third kappa shape index (κ3) is 6.88. The molecule has 1 heterocycles. The molecule has 2 aliphatic rings. The summed E-state index contributed by atoms with van der Waals surface area (Å²) in [6.45, 7) is 0. The molecule has 1 aliphatic carbocycles. The summed E-state index contributed by atoms with van der Waals surface area (Å²) in [7, 11) is -4.70. The van der Waals surface area contributed by atoms with Crippen molar-refractivity contribution < 1.29 is 32.2 Å². The minimum absolute atomic E-state index is 0.0526. The summed E-state index contributed by atoms with van der Waals surface area (Å²) in [5.41, 5.74) is 0. The summed E-state index contributed by atoms with van der Waals surface area (Å²) in [6.07, 6.45) is 12.2. The van der Waals surface area contributed by atoms with Crippen molar-refractivity contribution in [2.24, 2.45) is 5.92 Å². The van der Waals surface area contributed by atoms with Gasteiger partial charge in [-0.1, -0.05) is 64.2 Å². The largest absolute Gasteiger partial charge is 0.333 e. The average molecular weight is 403 g/mol. The Morgan fingerprint density at radius 2 is 1.67 bits per heavy atom. The first-order chi connectivity index (χ1) is 12.8. The van der Waals surface area contributed by atoms with E-state index >= 15 is 0 Å². The molecule has 1 N–H and O–H groups in total. The SMILES string of the molecule is O=C(CCCCCCC1CCCCCC1)ON1C(=O)CC(S(=O)(=O)O)C1=O. The second kappa shape index (κ2) is 10.2. The highest BCUT2D eigenvalue weighted by Crippen LogP contribution is 2.27. The normalized spacial score (nSPS) is 22.1. The van der Waals surface area contributed by atoms with E-state index in [2.05, 4.69) is 0 Å². The molecule has 2 fully saturated rings. The third-order valence-electron chi connectivity index (χ3n) is 5.33. The van der Waals surface area contributed by atoms with Crippen LogP contribution in [0.5, 0.6) is 0 Å². The van der Waals surface area contributed by atoms with E-state index in [1.54, 1.807) is 0 Å². The van der Waals surface area contributed by atoms with Crippen LogP contribution in [0.2, 0.25) is 0 Å². The molecule has 1 unspecified atom stereocenters. The number of hydrogen-bond donors (Lipinski definition) is 1. The van der Waals surface area contributed by atoms with Crippen LogP contribution in [0, 0.1) is 5.92 Å². The van der Waals surface area contributed by atoms with Gasteiger partial charge in [0.1, 0.15) is 0 Å². The van der Waals surface area contributed by atoms with Crippen LogP contribution < -0.4 is 0 Å². The fourth-order valence-electron chi connectivity index (χ4n) is 3.77. The van der Waals surface area contributed by atoms with Crippen LogP contribution >= 0.6 is 0 Å². The highest BCUT2D eigenvalue weighted by molar-refractivity contribution is 7.87. The average Bonchev–Trinajstić information content (AvgIpc) is 2.79. The van der Waals surface area contributed by atoms with Crippen molar-refractivity contribution >= 4 is 27.9 Å². The quantitative estimate of drug-likeness (QED) is 0.272. The summed E-state index contributed by atoms with van der Waals surface area (Å²) in [5.74, 6) is -2.09. The van der Waals surface area contributed by atoms with Gasteiger partial charge in [-0.3, -0.25) is 14.1 Å². The molecular weight excluding hydrogens is 374 g/mol. The van der Waals surface area contributed by atoms with E-state index < -0.39 is 39.6 Å². The molecule has 9 heteroatoms. The van der Waals surface area contributed by atoms with Crippen molar-refractivity contribution in [3.63, 3.8) is 0 Å². The molecule has 1 aliphatic heterocycles. The predicted octanol–water partition coefficient (Wildman–Crippen LogP) is 2.77. The lowest BCUT2D eigenvalue weighted by molar-refractivity contribution is -0.197. The molecule has 1 atom stereocenters. The summed E-state index contributed by atoms with van der Waals surface area (Å²) < 4.78 is 31.0. The minimum Gasteiger partial charge on any atom is -0.330 e. The second-order valence-electron chi connectivity index (χ2n) is 7.51. The minimum atomic E-state index is -4.70. The van der Waals surface area contributed by atoms with E-state index in [4.69, 9.17) is 9.39 Å². The van der Waals surface area contributed by atoms with Crippen molar-refractivity contribution in [1.29, 1.82) is 0 Å². The van der Waals surface area contributed by atoms with E-state index in [-0.39, 0.29) is 11.5 Å². The van der Waals surface area contributed by atoms with Crippen molar-refractivity contribution in [3.8, 4) is 0 Å². The van der Waals surface area contributed by atoms with Crippen LogP contribution in [-0.4, -0.2) is 41.1 Å². The molecule has 2 amide bonds. The third-order valence-corrected chi connectivity index (χ3v) is 6.42. The molecule has 27 heavy (non-hydrogen) atoms. The van der Waals surface area contributed by atoms with Crippen molar-refractivity contribution in [2.75, 3.05) is 0 Å². The molecule has 1 saturated heterocycles. The van der Waals surface area contributed by atoms with Crippen LogP contribution in [0.1, 0.15) is 83.5 Å². The van der Waals surface area contributed by atoms with Gasteiger partial charge in [-0.15, -0.1) is 5.06 Å². The number of unbranched alkanes of at least 4 members (excludes halogenated alkanes) is 3. The second-order valence-corrected chi connectivity index (χ2v) is 9.11. The Balaban J connectivity index is 1.61. The van der Waals surface area contributed by atoms with Gasteiger partial charge in [0.25, 0.3) is 21.9 Å². The number of carbonyl (C=O) groups is 3. The molecule has 0 aromatic rings. The molecule has 154 valence electrons. The summed E-state index contributed by atoms with van der Waals surface area (Å²) in [5, 5.41) is -1.73. The molecule has 0 radical (unpaired) electrons. The van der Waals surface area contributed by atoms with Gasteiger partial charge in [-0.2, -0.15) is 8.42 Å². The first kappa shape index (κ1) is 21.8. The summed E-state index contributed by atoms with van der Waals surface area (Å²) in [4.78, 5) is 39.9. The Hall–Kier alpha value is -1.48. The monoisotopic (exact) mass is 403 g/mol. The molecule has 0 bridgehead atoms. The zero-order chi connectivity index (χ0) is 19.9. The van der Waals surface area contributed by atoms with Gasteiger partial charge >= 0.3 is 5.97 Å². The Morgan fingerprint density at radius 1 is 1.04 bits per heavy atom. The lowest BCUT2D eigenvalue weighted by Gasteiger charge is -2.14. The Labute approximate surface area is 160 Å². The molecular formula is C18H29NO7S. The van der Waals surface area contributed by atoms with Gasteiger partial charge in [0.05, 0.1) is 6.42 Å². The lowest BCUT2D eigenvalue weighted by Crippen LogP contribution is -2.36. The fraction of sp³-hybridized carbons (Fsp3) is 0.833. The highest BCUT2D eigenvalue weighted by Gasteiger charge is 2.48.